The van der Waals surface area contributed by atoms with E-state index >= 15 is 0 Å². The van der Waals surface area contributed by atoms with Crippen molar-refractivity contribution in [3.8, 4) is 0 Å². The monoisotopic (exact) mass is 371 g/mol. The van der Waals surface area contributed by atoms with Crippen LogP contribution in [0.25, 0.3) is 0 Å². The van der Waals surface area contributed by atoms with E-state index in [0.717, 1.165) is 10.2 Å². The predicted molar refractivity (Wildman–Crippen MR) is 83.8 cm³/mol. The summed E-state index contributed by atoms with van der Waals surface area (Å²) < 4.78 is 2.56. The topological polar surface area (TPSA) is 84.2 Å². The molecule has 21 heavy (non-hydrogen) atoms. The average Bonchev–Trinajstić information content (AvgIpc) is 2.95. The Morgan fingerprint density at radius 3 is 2.90 bits per heavy atom. The van der Waals surface area contributed by atoms with Crippen LogP contribution in [-0.4, -0.2) is 26.5 Å². The molecule has 6 nitrogen and oxygen atoms in total. The molecule has 0 aliphatic heterocycles. The molecule has 2 heterocycles. The Labute approximate surface area is 133 Å². The van der Waals surface area contributed by atoms with Crippen LogP contribution in [0.4, 0.5) is 5.13 Å². The zero-order chi connectivity index (χ0) is 15.4. The van der Waals surface area contributed by atoms with Crippen LogP contribution in [0.5, 0.6) is 0 Å². The highest BCUT2D eigenvalue weighted by atomic mass is 79.9. The summed E-state index contributed by atoms with van der Waals surface area (Å²) >= 11 is 4.65. The molecule has 0 atom stereocenters. The van der Waals surface area contributed by atoms with Crippen molar-refractivity contribution in [3.05, 3.63) is 33.5 Å². The lowest BCUT2D eigenvalue weighted by Crippen LogP contribution is -2.15. The quantitative estimate of drug-likeness (QED) is 0.817. The number of hydrogen-bond acceptors (Lipinski definition) is 4. The van der Waals surface area contributed by atoms with Crippen molar-refractivity contribution in [2.45, 2.75) is 19.3 Å². The van der Waals surface area contributed by atoms with Crippen LogP contribution in [0.15, 0.2) is 22.1 Å². The largest absolute Gasteiger partial charge is 0.481 e. The van der Waals surface area contributed by atoms with E-state index in [1.807, 2.05) is 5.38 Å². The number of aliphatic carboxylic acids is 1. The van der Waals surface area contributed by atoms with Gasteiger partial charge in [-0.2, -0.15) is 0 Å². The van der Waals surface area contributed by atoms with Gasteiger partial charge in [0.15, 0.2) is 5.13 Å². The third-order valence-corrected chi connectivity index (χ3v) is 4.04. The number of aryl methyl sites for hydroxylation is 2. The lowest BCUT2D eigenvalue weighted by atomic mass is 10.2. The second-order valence-corrected chi connectivity index (χ2v) is 6.27. The SMILES string of the molecule is Cn1cc(Br)cc1C(=O)Nc1nc(CCCC(=O)O)cs1. The van der Waals surface area contributed by atoms with Crippen LogP contribution < -0.4 is 5.32 Å². The van der Waals surface area contributed by atoms with Crippen LogP contribution >= 0.6 is 27.3 Å². The number of carboxylic acids is 1. The first-order chi connectivity index (χ1) is 9.95. The van der Waals surface area contributed by atoms with E-state index in [4.69, 9.17) is 5.11 Å². The Morgan fingerprint density at radius 1 is 1.52 bits per heavy atom. The van der Waals surface area contributed by atoms with E-state index in [1.165, 1.54) is 11.3 Å². The average molecular weight is 372 g/mol. The minimum absolute atomic E-state index is 0.122. The summed E-state index contributed by atoms with van der Waals surface area (Å²) in [4.78, 5) is 26.8. The molecule has 1 amide bonds. The second-order valence-electron chi connectivity index (χ2n) is 4.50. The van der Waals surface area contributed by atoms with E-state index in [9.17, 15) is 9.59 Å². The number of halogens is 1. The lowest BCUT2D eigenvalue weighted by molar-refractivity contribution is -0.137. The summed E-state index contributed by atoms with van der Waals surface area (Å²) in [5.74, 6) is -1.04. The Hall–Kier alpha value is -1.67. The number of aromatic nitrogens is 2. The van der Waals surface area contributed by atoms with Gasteiger partial charge < -0.3 is 9.67 Å². The van der Waals surface area contributed by atoms with Gasteiger partial charge in [-0.3, -0.25) is 14.9 Å². The molecule has 0 aliphatic carbocycles. The van der Waals surface area contributed by atoms with Crippen molar-refractivity contribution < 1.29 is 14.7 Å². The van der Waals surface area contributed by atoms with Crippen molar-refractivity contribution >= 4 is 44.3 Å². The van der Waals surface area contributed by atoms with Crippen molar-refractivity contribution in [2.24, 2.45) is 7.05 Å². The highest BCUT2D eigenvalue weighted by molar-refractivity contribution is 9.10. The summed E-state index contributed by atoms with van der Waals surface area (Å²) in [5, 5.41) is 13.7. The highest BCUT2D eigenvalue weighted by Gasteiger charge is 2.13. The van der Waals surface area contributed by atoms with Gasteiger partial charge in [0.1, 0.15) is 5.69 Å². The predicted octanol–water partition coefficient (Wildman–Crippen LogP) is 2.90. The zero-order valence-electron chi connectivity index (χ0n) is 11.3. The van der Waals surface area contributed by atoms with Gasteiger partial charge in [0.25, 0.3) is 5.91 Å². The van der Waals surface area contributed by atoms with Crippen LogP contribution in [0.3, 0.4) is 0 Å². The van der Waals surface area contributed by atoms with Gasteiger partial charge in [-0.25, -0.2) is 4.98 Å². The number of amides is 1. The normalized spacial score (nSPS) is 10.6. The van der Waals surface area contributed by atoms with E-state index in [-0.39, 0.29) is 12.3 Å². The molecule has 2 N–H and O–H groups in total. The molecule has 2 aromatic heterocycles. The molecule has 0 saturated carbocycles. The number of hydrogen-bond donors (Lipinski definition) is 2. The van der Waals surface area contributed by atoms with E-state index in [0.29, 0.717) is 23.7 Å². The number of carboxylic acid groups (broad SMARTS) is 1. The standard InChI is InChI=1S/C13H14BrN3O3S/c1-17-6-8(14)5-10(17)12(20)16-13-15-9(7-21-13)3-2-4-11(18)19/h5-7H,2-4H2,1H3,(H,18,19)(H,15,16,20). The van der Waals surface area contributed by atoms with Crippen LogP contribution in [0.2, 0.25) is 0 Å². The molecule has 0 radical (unpaired) electrons. The summed E-state index contributed by atoms with van der Waals surface area (Å²) in [6, 6.07) is 1.73. The fraction of sp³-hybridized carbons (Fsp3) is 0.308. The summed E-state index contributed by atoms with van der Waals surface area (Å²) in [6.45, 7) is 0. The molecule has 2 rings (SSSR count). The first kappa shape index (κ1) is 15.7. The number of nitrogens with one attached hydrogen (secondary N) is 1. The molecule has 0 aliphatic rings. The van der Waals surface area contributed by atoms with Crippen molar-refractivity contribution in [1.29, 1.82) is 0 Å². The van der Waals surface area contributed by atoms with Gasteiger partial charge in [-0.1, -0.05) is 0 Å². The van der Waals surface area contributed by atoms with Gasteiger partial charge in [-0.15, -0.1) is 11.3 Å². The maximum atomic E-state index is 12.1. The third-order valence-electron chi connectivity index (χ3n) is 2.80. The molecule has 112 valence electrons. The molecule has 0 fully saturated rings. The molecular weight excluding hydrogens is 358 g/mol. The zero-order valence-corrected chi connectivity index (χ0v) is 13.7. The third kappa shape index (κ3) is 4.40. The van der Waals surface area contributed by atoms with Crippen molar-refractivity contribution in [2.75, 3.05) is 5.32 Å². The Balaban J connectivity index is 1.94. The molecule has 8 heteroatoms. The molecule has 0 spiro atoms. The minimum Gasteiger partial charge on any atom is -0.481 e. The van der Waals surface area contributed by atoms with Crippen molar-refractivity contribution in [3.63, 3.8) is 0 Å². The van der Waals surface area contributed by atoms with Gasteiger partial charge >= 0.3 is 5.97 Å². The van der Waals surface area contributed by atoms with Gasteiger partial charge in [0, 0.05) is 29.5 Å². The molecule has 0 unspecified atom stereocenters. The number of nitrogens with zero attached hydrogens (tertiary/aromatic N) is 2. The highest BCUT2D eigenvalue weighted by Crippen LogP contribution is 2.19. The number of carbonyl (C=O) groups is 2. The molecule has 2 aromatic rings. The lowest BCUT2D eigenvalue weighted by Gasteiger charge is -2.02. The number of rotatable bonds is 6. The first-order valence-corrected chi connectivity index (χ1v) is 7.92. The smallest absolute Gasteiger partial charge is 0.303 e. The summed E-state index contributed by atoms with van der Waals surface area (Å²) in [7, 11) is 1.79. The molecular formula is C13H14BrN3O3S. The van der Waals surface area contributed by atoms with E-state index in [1.54, 1.807) is 23.9 Å². The van der Waals surface area contributed by atoms with E-state index in [2.05, 4.69) is 26.2 Å². The minimum atomic E-state index is -0.812. The summed E-state index contributed by atoms with van der Waals surface area (Å²) in [5.41, 5.74) is 1.33. The van der Waals surface area contributed by atoms with Crippen LogP contribution in [0.1, 0.15) is 29.0 Å². The van der Waals surface area contributed by atoms with Gasteiger partial charge in [0.2, 0.25) is 0 Å². The van der Waals surface area contributed by atoms with Crippen LogP contribution in [0, 0.1) is 0 Å². The van der Waals surface area contributed by atoms with E-state index < -0.39 is 5.97 Å². The van der Waals surface area contributed by atoms with Crippen molar-refractivity contribution in [1.82, 2.24) is 9.55 Å². The Kier molecular flexibility index (Phi) is 5.13. The second kappa shape index (κ2) is 6.86. The maximum Gasteiger partial charge on any atom is 0.303 e. The van der Waals surface area contributed by atoms with Crippen LogP contribution in [-0.2, 0) is 18.3 Å². The number of anilines is 1. The summed E-state index contributed by atoms with van der Waals surface area (Å²) in [6.07, 6.45) is 3.05. The molecule has 0 saturated heterocycles. The Morgan fingerprint density at radius 2 is 2.29 bits per heavy atom. The fourth-order valence-electron chi connectivity index (χ4n) is 1.81. The maximum absolute atomic E-state index is 12.1. The molecule has 0 aromatic carbocycles. The fourth-order valence-corrected chi connectivity index (χ4v) is 3.07. The Bertz CT molecular complexity index is 665. The molecule has 0 bridgehead atoms. The number of carbonyl (C=O) groups excluding carboxylic acids is 1. The van der Waals surface area contributed by atoms with Gasteiger partial charge in [0.05, 0.1) is 5.69 Å². The number of thiazole rings is 1. The van der Waals surface area contributed by atoms with Gasteiger partial charge in [-0.05, 0) is 34.8 Å². The first-order valence-electron chi connectivity index (χ1n) is 6.25.